The quantitative estimate of drug-likeness (QED) is 0.883. The second-order valence-corrected chi connectivity index (χ2v) is 7.67. The number of rotatable bonds is 6. The zero-order chi connectivity index (χ0) is 16.4. The summed E-state index contributed by atoms with van der Waals surface area (Å²) in [5, 5.41) is 4.83. The number of nitrogens with one attached hydrogen (secondary N) is 1. The predicted molar refractivity (Wildman–Crippen MR) is 93.6 cm³/mol. The molecule has 0 radical (unpaired) electrons. The first kappa shape index (κ1) is 16.1. The Kier molecular flexibility index (Phi) is 4.78. The smallest absolute Gasteiger partial charge is 0.253 e. The molecule has 4 nitrogen and oxygen atoms in total. The number of aromatic nitrogens is 1. The highest BCUT2D eigenvalue weighted by molar-refractivity contribution is 7.11. The molecule has 1 N–H and O–H groups in total. The van der Waals surface area contributed by atoms with E-state index in [0.29, 0.717) is 12.0 Å². The molecule has 0 aliphatic heterocycles. The lowest BCUT2D eigenvalue weighted by atomic mass is 10.1. The van der Waals surface area contributed by atoms with Gasteiger partial charge in [-0.1, -0.05) is 12.1 Å². The van der Waals surface area contributed by atoms with Crippen molar-refractivity contribution in [3.05, 3.63) is 51.5 Å². The molecule has 1 heterocycles. The molecule has 3 rings (SSSR count). The van der Waals surface area contributed by atoms with Crippen LogP contribution in [0.4, 0.5) is 0 Å². The average Bonchev–Trinajstić information content (AvgIpc) is 3.28. The van der Waals surface area contributed by atoms with Crippen LogP contribution < -0.4 is 5.32 Å². The van der Waals surface area contributed by atoms with Gasteiger partial charge in [0, 0.05) is 37.3 Å². The lowest BCUT2D eigenvalue weighted by molar-refractivity contribution is 0.0827. The van der Waals surface area contributed by atoms with Gasteiger partial charge in [-0.2, -0.15) is 0 Å². The zero-order valence-electron chi connectivity index (χ0n) is 13.9. The normalized spacial score (nSPS) is 15.4. The first-order chi connectivity index (χ1) is 11.0. The Balaban J connectivity index is 1.69. The summed E-state index contributed by atoms with van der Waals surface area (Å²) >= 11 is 1.78. The largest absolute Gasteiger partial charge is 0.345 e. The van der Waals surface area contributed by atoms with E-state index in [2.05, 4.69) is 23.3 Å². The van der Waals surface area contributed by atoms with Gasteiger partial charge >= 0.3 is 0 Å². The van der Waals surface area contributed by atoms with Crippen LogP contribution in [0.15, 0.2) is 30.5 Å². The zero-order valence-corrected chi connectivity index (χ0v) is 14.7. The summed E-state index contributed by atoms with van der Waals surface area (Å²) in [7, 11) is 3.56. The minimum Gasteiger partial charge on any atom is -0.345 e. The SMILES string of the molecule is Cc1cnc([C@H](NCc2cccc(C(=O)N(C)C)c2)C2CC2)s1. The minimum absolute atomic E-state index is 0.0427. The Hall–Kier alpha value is -1.72. The number of aryl methyl sites for hydroxylation is 1. The summed E-state index contributed by atoms with van der Waals surface area (Å²) in [6.45, 7) is 2.86. The molecule has 1 amide bonds. The van der Waals surface area contributed by atoms with Crippen molar-refractivity contribution in [1.29, 1.82) is 0 Å². The third-order valence-electron chi connectivity index (χ3n) is 4.10. The number of benzene rings is 1. The van der Waals surface area contributed by atoms with E-state index in [-0.39, 0.29) is 5.91 Å². The van der Waals surface area contributed by atoms with Gasteiger partial charge in [0.05, 0.1) is 6.04 Å². The number of hydrogen-bond donors (Lipinski definition) is 1. The summed E-state index contributed by atoms with van der Waals surface area (Å²) in [5.41, 5.74) is 1.87. The lowest BCUT2D eigenvalue weighted by Crippen LogP contribution is -2.24. The van der Waals surface area contributed by atoms with Crippen LogP contribution in [0.5, 0.6) is 0 Å². The van der Waals surface area contributed by atoms with Crippen LogP contribution in [0.2, 0.25) is 0 Å². The van der Waals surface area contributed by atoms with E-state index < -0.39 is 0 Å². The second-order valence-electron chi connectivity index (χ2n) is 6.41. The number of carbonyl (C=O) groups excluding carboxylic acids is 1. The van der Waals surface area contributed by atoms with E-state index in [4.69, 9.17) is 0 Å². The number of amides is 1. The first-order valence-electron chi connectivity index (χ1n) is 8.01. The predicted octanol–water partition coefficient (Wildman–Crippen LogP) is 3.39. The first-order valence-corrected chi connectivity index (χ1v) is 8.82. The van der Waals surface area contributed by atoms with Gasteiger partial charge < -0.3 is 10.2 Å². The van der Waals surface area contributed by atoms with Crippen molar-refractivity contribution in [2.24, 2.45) is 5.92 Å². The van der Waals surface area contributed by atoms with Gasteiger partial charge in [0.25, 0.3) is 5.91 Å². The molecular weight excluding hydrogens is 306 g/mol. The molecular formula is C18H23N3OS. The van der Waals surface area contributed by atoms with Gasteiger partial charge in [-0.25, -0.2) is 4.98 Å². The highest BCUT2D eigenvalue weighted by Gasteiger charge is 2.33. The Morgan fingerprint density at radius 1 is 1.43 bits per heavy atom. The maximum Gasteiger partial charge on any atom is 0.253 e. The molecule has 1 saturated carbocycles. The van der Waals surface area contributed by atoms with Crippen LogP contribution in [0.1, 0.15) is 44.7 Å². The van der Waals surface area contributed by atoms with Crippen molar-refractivity contribution >= 4 is 17.2 Å². The molecule has 0 saturated heterocycles. The molecule has 5 heteroatoms. The summed E-state index contributed by atoms with van der Waals surface area (Å²) in [6.07, 6.45) is 4.50. The molecule has 1 aromatic heterocycles. The Labute approximate surface area is 141 Å². The molecule has 1 aromatic carbocycles. The molecule has 0 spiro atoms. The highest BCUT2D eigenvalue weighted by Crippen LogP contribution is 2.42. The van der Waals surface area contributed by atoms with Crippen LogP contribution in [0, 0.1) is 12.8 Å². The maximum absolute atomic E-state index is 12.1. The monoisotopic (exact) mass is 329 g/mol. The standard InChI is InChI=1S/C18H23N3OS/c1-12-10-20-17(23-12)16(14-7-8-14)19-11-13-5-4-6-15(9-13)18(22)21(2)3/h4-6,9-10,14,16,19H,7-8,11H2,1-3H3/t16-/m1/s1. The fourth-order valence-corrected chi connectivity index (χ4v) is 3.64. The Bertz CT molecular complexity index is 691. The maximum atomic E-state index is 12.1. The van der Waals surface area contributed by atoms with Gasteiger partial charge in [-0.15, -0.1) is 11.3 Å². The van der Waals surface area contributed by atoms with E-state index in [1.54, 1.807) is 30.3 Å². The summed E-state index contributed by atoms with van der Waals surface area (Å²) in [5.74, 6) is 0.744. The average molecular weight is 329 g/mol. The van der Waals surface area contributed by atoms with Crippen LogP contribution in [-0.2, 0) is 6.54 Å². The number of nitrogens with zero attached hydrogens (tertiary/aromatic N) is 2. The molecule has 1 aliphatic carbocycles. The van der Waals surface area contributed by atoms with E-state index in [1.165, 1.54) is 22.7 Å². The highest BCUT2D eigenvalue weighted by atomic mass is 32.1. The summed E-state index contributed by atoms with van der Waals surface area (Å²) in [6, 6.07) is 8.20. The van der Waals surface area contributed by atoms with Crippen LogP contribution >= 0.6 is 11.3 Å². The molecule has 1 aliphatic rings. The van der Waals surface area contributed by atoms with Gasteiger partial charge in [-0.3, -0.25) is 4.79 Å². The van der Waals surface area contributed by atoms with Crippen LogP contribution in [0.25, 0.3) is 0 Å². The van der Waals surface area contributed by atoms with Gasteiger partial charge in [-0.05, 0) is 43.4 Å². The number of thiazole rings is 1. The van der Waals surface area contributed by atoms with Crippen molar-refractivity contribution in [3.8, 4) is 0 Å². The molecule has 0 unspecified atom stereocenters. The summed E-state index contributed by atoms with van der Waals surface area (Å²) < 4.78 is 0. The molecule has 1 fully saturated rings. The molecule has 23 heavy (non-hydrogen) atoms. The third kappa shape index (κ3) is 3.98. The minimum atomic E-state index is 0.0427. The second kappa shape index (κ2) is 6.81. The van der Waals surface area contributed by atoms with Crippen LogP contribution in [-0.4, -0.2) is 29.9 Å². The Morgan fingerprint density at radius 3 is 2.83 bits per heavy atom. The van der Waals surface area contributed by atoms with E-state index in [1.807, 2.05) is 24.4 Å². The van der Waals surface area contributed by atoms with Crippen molar-refractivity contribution in [3.63, 3.8) is 0 Å². The van der Waals surface area contributed by atoms with Crippen molar-refractivity contribution in [2.45, 2.75) is 32.4 Å². The molecule has 1 atom stereocenters. The summed E-state index contributed by atoms with van der Waals surface area (Å²) in [4.78, 5) is 19.5. The third-order valence-corrected chi connectivity index (χ3v) is 5.10. The lowest BCUT2D eigenvalue weighted by Gasteiger charge is -2.16. The molecule has 0 bridgehead atoms. The van der Waals surface area contributed by atoms with Gasteiger partial charge in [0.2, 0.25) is 0 Å². The molecule has 122 valence electrons. The van der Waals surface area contributed by atoms with Gasteiger partial charge in [0.1, 0.15) is 5.01 Å². The Morgan fingerprint density at radius 2 is 2.22 bits per heavy atom. The van der Waals surface area contributed by atoms with Crippen molar-refractivity contribution in [1.82, 2.24) is 15.2 Å². The van der Waals surface area contributed by atoms with E-state index in [0.717, 1.165) is 17.7 Å². The van der Waals surface area contributed by atoms with Gasteiger partial charge in [0.15, 0.2) is 0 Å². The van der Waals surface area contributed by atoms with Crippen LogP contribution in [0.3, 0.4) is 0 Å². The fraction of sp³-hybridized carbons (Fsp3) is 0.444. The van der Waals surface area contributed by atoms with E-state index >= 15 is 0 Å². The molecule has 2 aromatic rings. The number of hydrogen-bond acceptors (Lipinski definition) is 4. The fourth-order valence-electron chi connectivity index (χ4n) is 2.70. The van der Waals surface area contributed by atoms with Crippen molar-refractivity contribution in [2.75, 3.05) is 14.1 Å². The van der Waals surface area contributed by atoms with Crippen molar-refractivity contribution < 1.29 is 4.79 Å². The number of carbonyl (C=O) groups is 1. The van der Waals surface area contributed by atoms with E-state index in [9.17, 15) is 4.79 Å². The topological polar surface area (TPSA) is 45.2 Å².